The fraction of sp³-hybridized carbons (Fsp3) is 0.296. The van der Waals surface area contributed by atoms with Gasteiger partial charge in [-0.3, -0.25) is 14.3 Å². The highest BCUT2D eigenvalue weighted by Crippen LogP contribution is 2.44. The van der Waals surface area contributed by atoms with Crippen LogP contribution < -0.4 is 21.6 Å². The summed E-state index contributed by atoms with van der Waals surface area (Å²) in [5.74, 6) is 0. The van der Waals surface area contributed by atoms with Crippen LogP contribution >= 0.6 is 11.8 Å². The van der Waals surface area contributed by atoms with Crippen molar-refractivity contribution in [2.24, 2.45) is 0 Å². The molecule has 0 bridgehead atoms. The quantitative estimate of drug-likeness (QED) is 0.303. The summed E-state index contributed by atoms with van der Waals surface area (Å²) in [6.45, 7) is 8.39. The van der Waals surface area contributed by atoms with Crippen LogP contribution in [0.25, 0.3) is 0 Å². The maximum absolute atomic E-state index is 12.5. The number of thioether (sulfide) groups is 1. The van der Waals surface area contributed by atoms with Crippen molar-refractivity contribution < 1.29 is 9.22 Å². The molecule has 0 saturated carbocycles. The van der Waals surface area contributed by atoms with Gasteiger partial charge in [0.15, 0.2) is 0 Å². The molecule has 1 N–H and O–H groups in total. The third kappa shape index (κ3) is 4.65. The number of aromatic nitrogens is 2. The number of carbonyl (C=O) groups is 1. The summed E-state index contributed by atoms with van der Waals surface area (Å²) in [5, 5.41) is 1.62. The summed E-state index contributed by atoms with van der Waals surface area (Å²) in [6.07, 6.45) is 6.08. The van der Waals surface area contributed by atoms with E-state index in [1.165, 1.54) is 22.5 Å². The van der Waals surface area contributed by atoms with Crippen LogP contribution in [0.15, 0.2) is 88.6 Å². The van der Waals surface area contributed by atoms with Crippen LogP contribution in [-0.2, 0) is 9.22 Å². The number of benzene rings is 2. The first-order valence-electron chi connectivity index (χ1n) is 11.5. The fourth-order valence-electron chi connectivity index (χ4n) is 4.64. The normalized spacial score (nSPS) is 20.2. The highest BCUT2D eigenvalue weighted by molar-refractivity contribution is 8.02. The lowest BCUT2D eigenvalue weighted by molar-refractivity contribution is -0.109. The Bertz CT molecular complexity index is 1310. The molecule has 0 fully saturated rings. The minimum atomic E-state index is -2.83. The zero-order chi connectivity index (χ0) is 25.3. The number of nitrogens with one attached hydrogen (secondary N) is 1. The van der Waals surface area contributed by atoms with Crippen molar-refractivity contribution in [2.45, 2.75) is 42.9 Å². The molecule has 1 aromatic heterocycles. The number of H-pyrrole nitrogens is 1. The smallest absolute Gasteiger partial charge is 0.329 e. The van der Waals surface area contributed by atoms with E-state index in [-0.39, 0.29) is 11.6 Å². The maximum atomic E-state index is 12.5. The number of aromatic amines is 1. The number of carbonyl (C=O) groups excluding carboxylic acids is 1. The molecule has 2 atom stereocenters. The van der Waals surface area contributed by atoms with E-state index in [1.807, 2.05) is 48.6 Å². The topological polar surface area (TPSA) is 81.2 Å². The van der Waals surface area contributed by atoms with Crippen LogP contribution in [0.3, 0.4) is 0 Å². The van der Waals surface area contributed by atoms with Crippen molar-refractivity contribution in [1.82, 2.24) is 9.55 Å². The Balaban J connectivity index is 1.72. The van der Waals surface area contributed by atoms with Gasteiger partial charge in [0.25, 0.3) is 13.9 Å². The van der Waals surface area contributed by atoms with Crippen molar-refractivity contribution >= 4 is 36.7 Å². The zero-order valence-electron chi connectivity index (χ0n) is 20.4. The molecular formula is C27H30N2O4SSi. The summed E-state index contributed by atoms with van der Waals surface area (Å²) in [6, 6.07) is 20.5. The second-order valence-corrected chi connectivity index (χ2v) is 15.7. The lowest BCUT2D eigenvalue weighted by Gasteiger charge is -2.44. The van der Waals surface area contributed by atoms with E-state index in [4.69, 9.17) is 4.43 Å². The summed E-state index contributed by atoms with van der Waals surface area (Å²) < 4.78 is 7.49. The summed E-state index contributed by atoms with van der Waals surface area (Å²) in [7, 11) is -2.83. The number of hydrogen-bond donors (Lipinski definition) is 1. The molecule has 8 heteroatoms. The second-order valence-electron chi connectivity index (χ2n) is 9.87. The van der Waals surface area contributed by atoms with E-state index >= 15 is 0 Å². The summed E-state index contributed by atoms with van der Waals surface area (Å²) in [4.78, 5) is 39.1. The van der Waals surface area contributed by atoms with Gasteiger partial charge in [-0.1, -0.05) is 93.6 Å². The van der Waals surface area contributed by atoms with E-state index in [2.05, 4.69) is 50.0 Å². The van der Waals surface area contributed by atoms with E-state index in [1.54, 1.807) is 6.92 Å². The number of rotatable bonds is 7. The minimum Gasteiger partial charge on any atom is -0.405 e. The Hall–Kier alpha value is -2.94. The van der Waals surface area contributed by atoms with Gasteiger partial charge in [-0.25, -0.2) is 4.79 Å². The van der Waals surface area contributed by atoms with Crippen LogP contribution in [0.1, 0.15) is 31.7 Å². The monoisotopic (exact) mass is 506 g/mol. The molecule has 1 aliphatic rings. The Morgan fingerprint density at radius 2 is 1.63 bits per heavy atom. The summed E-state index contributed by atoms with van der Waals surface area (Å²) >= 11 is 1.34. The van der Waals surface area contributed by atoms with E-state index in [0.29, 0.717) is 5.56 Å². The van der Waals surface area contributed by atoms with Gasteiger partial charge in [-0.05, 0) is 22.3 Å². The Kier molecular flexibility index (Phi) is 6.90. The number of aryl methyl sites for hydroxylation is 1. The van der Waals surface area contributed by atoms with Crippen LogP contribution in [0, 0.1) is 6.92 Å². The Morgan fingerprint density at radius 1 is 1.06 bits per heavy atom. The molecule has 35 heavy (non-hydrogen) atoms. The van der Waals surface area contributed by atoms with E-state index in [0.717, 1.165) is 16.7 Å². The molecular weight excluding hydrogens is 476 g/mol. The van der Waals surface area contributed by atoms with Crippen molar-refractivity contribution in [3.63, 3.8) is 0 Å². The standard InChI is InChI=1S/C27H30N2O4SSi/c1-20-17-29(25(32)28-24(20)31)23-15-16-27(18-30,34-23)19-33-35(26(2,3)4,21-11-7-5-8-12-21)22-13-9-6-10-14-22/h5-18,23H,19H2,1-4H3,(H,28,31,32)/t23-,27-/m1/s1. The highest BCUT2D eigenvalue weighted by Gasteiger charge is 2.52. The molecule has 0 spiro atoms. The van der Waals surface area contributed by atoms with Crippen molar-refractivity contribution in [3.05, 3.63) is 105 Å². The lowest BCUT2D eigenvalue weighted by atomic mass is 10.1. The van der Waals surface area contributed by atoms with E-state index < -0.39 is 29.7 Å². The highest BCUT2D eigenvalue weighted by atomic mass is 32.2. The zero-order valence-corrected chi connectivity index (χ0v) is 22.2. The SMILES string of the molecule is Cc1cn([C@H]2C=C[C@@](C=O)(CO[Si](c3ccccc3)(c3ccccc3)C(C)(C)C)S2)c(=O)[nH]c1=O. The number of nitrogens with zero attached hydrogens (tertiary/aromatic N) is 1. The lowest BCUT2D eigenvalue weighted by Crippen LogP contribution is -2.67. The minimum absolute atomic E-state index is 0.165. The van der Waals surface area contributed by atoms with Gasteiger partial charge < -0.3 is 9.22 Å². The Labute approximate surface area is 210 Å². The summed E-state index contributed by atoms with van der Waals surface area (Å²) in [5.41, 5.74) is -0.474. The first-order chi connectivity index (χ1) is 16.6. The van der Waals surface area contributed by atoms with Gasteiger partial charge in [0, 0.05) is 11.8 Å². The van der Waals surface area contributed by atoms with Crippen LogP contribution in [0.2, 0.25) is 5.04 Å². The number of hydrogen-bond acceptors (Lipinski definition) is 5. The van der Waals surface area contributed by atoms with Gasteiger partial charge >= 0.3 is 5.69 Å². The third-order valence-corrected chi connectivity index (χ3v) is 12.8. The predicted octanol–water partition coefficient (Wildman–Crippen LogP) is 3.16. The molecule has 0 amide bonds. The van der Waals surface area contributed by atoms with Crippen molar-refractivity contribution in [3.8, 4) is 0 Å². The second kappa shape index (κ2) is 9.60. The molecule has 3 aromatic rings. The average Bonchev–Trinajstić information content (AvgIpc) is 3.27. The van der Waals surface area contributed by atoms with Gasteiger partial charge in [0.1, 0.15) is 16.4 Å². The molecule has 0 unspecified atom stereocenters. The maximum Gasteiger partial charge on any atom is 0.329 e. The average molecular weight is 507 g/mol. The molecule has 2 heterocycles. The molecule has 0 aliphatic carbocycles. The van der Waals surface area contributed by atoms with Crippen LogP contribution in [0.4, 0.5) is 0 Å². The van der Waals surface area contributed by atoms with Gasteiger partial charge in [0.05, 0.1) is 6.61 Å². The van der Waals surface area contributed by atoms with Crippen LogP contribution in [-0.4, -0.2) is 35.5 Å². The molecule has 4 rings (SSSR count). The van der Waals surface area contributed by atoms with Gasteiger partial charge in [-0.15, -0.1) is 11.8 Å². The number of aldehydes is 1. The van der Waals surface area contributed by atoms with E-state index in [9.17, 15) is 14.4 Å². The molecule has 182 valence electrons. The largest absolute Gasteiger partial charge is 0.405 e. The molecule has 0 radical (unpaired) electrons. The molecule has 6 nitrogen and oxygen atoms in total. The molecule has 2 aromatic carbocycles. The molecule has 0 saturated heterocycles. The Morgan fingerprint density at radius 3 is 2.14 bits per heavy atom. The van der Waals surface area contributed by atoms with Crippen molar-refractivity contribution in [1.29, 1.82) is 0 Å². The van der Waals surface area contributed by atoms with Crippen molar-refractivity contribution in [2.75, 3.05) is 6.61 Å². The molecule has 1 aliphatic heterocycles. The predicted molar refractivity (Wildman–Crippen MR) is 144 cm³/mol. The van der Waals surface area contributed by atoms with Crippen LogP contribution in [0.5, 0.6) is 0 Å². The fourth-order valence-corrected chi connectivity index (χ4v) is 10.6. The van der Waals surface area contributed by atoms with Gasteiger partial charge in [0.2, 0.25) is 0 Å². The van der Waals surface area contributed by atoms with Gasteiger partial charge in [-0.2, -0.15) is 0 Å². The first kappa shape index (κ1) is 25.2. The first-order valence-corrected chi connectivity index (χ1v) is 14.3. The third-order valence-electron chi connectivity index (χ3n) is 6.43.